The minimum absolute atomic E-state index is 0.0464. The molecule has 2 fully saturated rings. The van der Waals surface area contributed by atoms with Crippen LogP contribution in [0.3, 0.4) is 0 Å². The van der Waals surface area contributed by atoms with Gasteiger partial charge in [-0.15, -0.1) is 0 Å². The Kier molecular flexibility index (Phi) is 6.42. The molecule has 2 aliphatic heterocycles. The molecule has 1 aromatic carbocycles. The van der Waals surface area contributed by atoms with E-state index < -0.39 is 0 Å². The number of hydrogen-bond donors (Lipinski definition) is 1. The molecule has 0 aromatic heterocycles. The van der Waals surface area contributed by atoms with Gasteiger partial charge in [0.2, 0.25) is 17.7 Å². The van der Waals surface area contributed by atoms with E-state index in [0.717, 1.165) is 19.4 Å². The van der Waals surface area contributed by atoms with E-state index in [4.69, 9.17) is 0 Å². The summed E-state index contributed by atoms with van der Waals surface area (Å²) in [6.45, 7) is 2.49. The van der Waals surface area contributed by atoms with E-state index in [1.54, 1.807) is 23.1 Å². The van der Waals surface area contributed by atoms with Gasteiger partial charge < -0.3 is 15.1 Å². The molecule has 2 heterocycles. The highest BCUT2D eigenvalue weighted by Gasteiger charge is 2.30. The van der Waals surface area contributed by atoms with Crippen LogP contribution in [0.5, 0.6) is 0 Å². The third-order valence-electron chi connectivity index (χ3n) is 5.27. The zero-order valence-corrected chi connectivity index (χ0v) is 15.5. The van der Waals surface area contributed by atoms with E-state index in [2.05, 4.69) is 5.32 Å². The molecular formula is C20H26FN3O3. The van der Waals surface area contributed by atoms with E-state index >= 15 is 0 Å². The molecule has 1 unspecified atom stereocenters. The molecular weight excluding hydrogens is 349 g/mol. The van der Waals surface area contributed by atoms with Crippen molar-refractivity contribution >= 4 is 17.7 Å². The Labute approximate surface area is 158 Å². The van der Waals surface area contributed by atoms with Crippen LogP contribution < -0.4 is 5.32 Å². The lowest BCUT2D eigenvalue weighted by Crippen LogP contribution is -2.45. The molecule has 0 spiro atoms. The molecule has 1 atom stereocenters. The summed E-state index contributed by atoms with van der Waals surface area (Å²) in [5.41, 5.74) is 0.460. The fourth-order valence-electron chi connectivity index (χ4n) is 3.68. The molecule has 1 N–H and O–H groups in total. The molecule has 2 aliphatic rings. The van der Waals surface area contributed by atoms with Gasteiger partial charge in [0.05, 0.1) is 5.92 Å². The lowest BCUT2D eigenvalue weighted by Gasteiger charge is -2.32. The maximum Gasteiger partial charge on any atom is 0.224 e. The van der Waals surface area contributed by atoms with Crippen molar-refractivity contribution < 1.29 is 18.8 Å². The summed E-state index contributed by atoms with van der Waals surface area (Å²) in [6, 6.07) is 6.38. The van der Waals surface area contributed by atoms with Gasteiger partial charge in [0.1, 0.15) is 5.82 Å². The summed E-state index contributed by atoms with van der Waals surface area (Å²) in [4.78, 5) is 39.5. The first-order valence-corrected chi connectivity index (χ1v) is 9.61. The van der Waals surface area contributed by atoms with E-state index in [1.807, 2.05) is 4.90 Å². The van der Waals surface area contributed by atoms with Crippen molar-refractivity contribution in [1.29, 1.82) is 0 Å². The maximum absolute atomic E-state index is 13.8. The quantitative estimate of drug-likeness (QED) is 0.738. The van der Waals surface area contributed by atoms with Crippen LogP contribution in [0.1, 0.15) is 37.7 Å². The van der Waals surface area contributed by atoms with Crippen molar-refractivity contribution in [3.63, 3.8) is 0 Å². The topological polar surface area (TPSA) is 69.7 Å². The number of amides is 3. The number of halogens is 1. The number of likely N-dealkylation sites (tertiary alicyclic amines) is 2. The average molecular weight is 375 g/mol. The molecule has 3 rings (SSSR count). The van der Waals surface area contributed by atoms with E-state index in [-0.39, 0.29) is 36.0 Å². The Bertz CT molecular complexity index is 709. The number of benzene rings is 1. The second-order valence-corrected chi connectivity index (χ2v) is 7.23. The smallest absolute Gasteiger partial charge is 0.224 e. The molecule has 2 saturated heterocycles. The summed E-state index contributed by atoms with van der Waals surface area (Å²) >= 11 is 0. The van der Waals surface area contributed by atoms with Crippen molar-refractivity contribution in [3.8, 4) is 0 Å². The Morgan fingerprint density at radius 3 is 2.67 bits per heavy atom. The first-order chi connectivity index (χ1) is 13.0. The van der Waals surface area contributed by atoms with Crippen molar-refractivity contribution in [3.05, 3.63) is 35.6 Å². The van der Waals surface area contributed by atoms with Gasteiger partial charge in [0.15, 0.2) is 0 Å². The fourth-order valence-corrected chi connectivity index (χ4v) is 3.68. The van der Waals surface area contributed by atoms with Gasteiger partial charge in [-0.05, 0) is 25.3 Å². The molecule has 0 radical (unpaired) electrons. The van der Waals surface area contributed by atoms with Crippen LogP contribution >= 0.6 is 0 Å². The minimum atomic E-state index is -0.340. The number of carbonyl (C=O) groups is 3. The van der Waals surface area contributed by atoms with Gasteiger partial charge in [-0.3, -0.25) is 14.4 Å². The van der Waals surface area contributed by atoms with Crippen LogP contribution in [0.25, 0.3) is 0 Å². The predicted molar refractivity (Wildman–Crippen MR) is 98.0 cm³/mol. The van der Waals surface area contributed by atoms with Crippen molar-refractivity contribution in [2.75, 3.05) is 26.2 Å². The van der Waals surface area contributed by atoms with E-state index in [1.165, 1.54) is 6.07 Å². The molecule has 3 amide bonds. The third kappa shape index (κ3) is 5.05. The molecule has 6 nitrogen and oxygen atoms in total. The summed E-state index contributed by atoms with van der Waals surface area (Å²) in [7, 11) is 0. The van der Waals surface area contributed by atoms with Gasteiger partial charge in [-0.2, -0.15) is 0 Å². The number of nitrogens with zero attached hydrogens (tertiary/aromatic N) is 2. The second-order valence-electron chi connectivity index (χ2n) is 7.23. The number of piperidine rings is 1. The number of nitrogens with one attached hydrogen (secondary N) is 1. The Hall–Kier alpha value is -2.44. The van der Waals surface area contributed by atoms with E-state index in [0.29, 0.717) is 44.5 Å². The Balaban J connectivity index is 1.45. The molecule has 27 heavy (non-hydrogen) atoms. The maximum atomic E-state index is 13.8. The summed E-state index contributed by atoms with van der Waals surface area (Å²) in [6.07, 6.45) is 3.08. The van der Waals surface area contributed by atoms with Gasteiger partial charge in [-0.25, -0.2) is 4.39 Å². The van der Waals surface area contributed by atoms with E-state index in [9.17, 15) is 18.8 Å². The zero-order chi connectivity index (χ0) is 19.2. The van der Waals surface area contributed by atoms with Gasteiger partial charge in [-0.1, -0.05) is 18.2 Å². The fraction of sp³-hybridized carbons (Fsp3) is 0.550. The standard InChI is InChI=1S/C20H26FN3O3/c21-17-6-2-1-5-15(17)13-24-14-16(8-9-19(24)26)20(27)22-10-4-12-23-11-3-7-18(23)25/h1-2,5-6,16H,3-4,7-14H2,(H,22,27). The van der Waals surface area contributed by atoms with Gasteiger partial charge in [0.25, 0.3) is 0 Å². The highest BCUT2D eigenvalue weighted by molar-refractivity contribution is 5.83. The van der Waals surface area contributed by atoms with Crippen LogP contribution in [-0.4, -0.2) is 53.7 Å². The third-order valence-corrected chi connectivity index (χ3v) is 5.27. The molecule has 7 heteroatoms. The zero-order valence-electron chi connectivity index (χ0n) is 15.5. The molecule has 146 valence electrons. The van der Waals surface area contributed by atoms with Crippen LogP contribution in [0.4, 0.5) is 4.39 Å². The summed E-state index contributed by atoms with van der Waals surface area (Å²) in [5.74, 6) is -0.546. The SMILES string of the molecule is O=C(NCCCN1CCCC1=O)C1CCC(=O)N(Cc2ccccc2F)C1. The first-order valence-electron chi connectivity index (χ1n) is 9.61. The summed E-state index contributed by atoms with van der Waals surface area (Å²) in [5, 5.41) is 2.91. The highest BCUT2D eigenvalue weighted by Crippen LogP contribution is 2.21. The Morgan fingerprint density at radius 1 is 1.15 bits per heavy atom. The van der Waals surface area contributed by atoms with Crippen molar-refractivity contribution in [2.45, 2.75) is 38.6 Å². The monoisotopic (exact) mass is 375 g/mol. The number of rotatable bonds is 7. The van der Waals surface area contributed by atoms with Crippen LogP contribution in [0.15, 0.2) is 24.3 Å². The normalized spacial score (nSPS) is 20.3. The van der Waals surface area contributed by atoms with Gasteiger partial charge >= 0.3 is 0 Å². The Morgan fingerprint density at radius 2 is 1.93 bits per heavy atom. The predicted octanol–water partition coefficient (Wildman–Crippen LogP) is 1.69. The highest BCUT2D eigenvalue weighted by atomic mass is 19.1. The first kappa shape index (κ1) is 19.3. The summed E-state index contributed by atoms with van der Waals surface area (Å²) < 4.78 is 13.8. The number of carbonyl (C=O) groups excluding carboxylic acids is 3. The average Bonchev–Trinajstić information content (AvgIpc) is 3.07. The molecule has 0 bridgehead atoms. The number of hydrogen-bond acceptors (Lipinski definition) is 3. The van der Waals surface area contributed by atoms with Crippen LogP contribution in [-0.2, 0) is 20.9 Å². The van der Waals surface area contributed by atoms with Crippen molar-refractivity contribution in [2.24, 2.45) is 5.92 Å². The second kappa shape index (κ2) is 8.97. The minimum Gasteiger partial charge on any atom is -0.356 e. The van der Waals surface area contributed by atoms with Crippen molar-refractivity contribution in [1.82, 2.24) is 15.1 Å². The van der Waals surface area contributed by atoms with Crippen LogP contribution in [0, 0.1) is 11.7 Å². The largest absolute Gasteiger partial charge is 0.356 e. The molecule has 0 aliphatic carbocycles. The van der Waals surface area contributed by atoms with Gasteiger partial charge in [0, 0.05) is 51.1 Å². The lowest BCUT2D eigenvalue weighted by atomic mass is 9.96. The lowest BCUT2D eigenvalue weighted by molar-refractivity contribution is -0.139. The molecule has 1 aromatic rings. The molecule has 0 saturated carbocycles. The van der Waals surface area contributed by atoms with Crippen LogP contribution in [0.2, 0.25) is 0 Å².